The molecule has 2 atom stereocenters. The Kier molecular flexibility index (Phi) is 7.43. The first-order chi connectivity index (χ1) is 15.6. The topological polar surface area (TPSA) is 120 Å². The quantitative estimate of drug-likeness (QED) is 0.380. The van der Waals surface area contributed by atoms with Crippen molar-refractivity contribution in [3.05, 3.63) is 58.2 Å². The molecule has 33 heavy (non-hydrogen) atoms. The van der Waals surface area contributed by atoms with Crippen LogP contribution >= 0.6 is 0 Å². The first kappa shape index (κ1) is 24.3. The smallest absolute Gasteiger partial charge is 0.202 e. The summed E-state index contributed by atoms with van der Waals surface area (Å²) < 4.78 is 10.8. The van der Waals surface area contributed by atoms with E-state index < -0.39 is 12.2 Å². The fourth-order valence-corrected chi connectivity index (χ4v) is 4.00. The summed E-state index contributed by atoms with van der Waals surface area (Å²) >= 11 is 0. The lowest BCUT2D eigenvalue weighted by atomic mass is 9.91. The van der Waals surface area contributed by atoms with Crippen LogP contribution in [0.4, 0.5) is 0 Å². The van der Waals surface area contributed by atoms with Crippen molar-refractivity contribution in [1.29, 1.82) is 0 Å². The zero-order valence-corrected chi connectivity index (χ0v) is 19.4. The number of aliphatic hydroxyl groups is 1. The minimum absolute atomic E-state index is 0.0754. The fourth-order valence-electron chi connectivity index (χ4n) is 4.00. The Bertz CT molecular complexity index is 1060. The molecule has 7 heteroatoms. The van der Waals surface area contributed by atoms with Gasteiger partial charge in [0.05, 0.1) is 13.2 Å². The van der Waals surface area contributed by atoms with Gasteiger partial charge in [0.1, 0.15) is 17.2 Å². The highest BCUT2D eigenvalue weighted by Crippen LogP contribution is 2.46. The Morgan fingerprint density at radius 1 is 1.03 bits per heavy atom. The molecule has 1 aliphatic heterocycles. The lowest BCUT2D eigenvalue weighted by molar-refractivity contribution is 0.0195. The van der Waals surface area contributed by atoms with Crippen LogP contribution in [0.3, 0.4) is 0 Å². The number of hydrogen-bond donors (Lipinski definition) is 5. The van der Waals surface area contributed by atoms with Gasteiger partial charge in [0.15, 0.2) is 17.6 Å². The molecule has 0 aliphatic carbocycles. The summed E-state index contributed by atoms with van der Waals surface area (Å²) in [7, 11) is 1.32. The zero-order chi connectivity index (χ0) is 24.3. The summed E-state index contributed by atoms with van der Waals surface area (Å²) in [4.78, 5) is 0. The Balaban J connectivity index is 1.85. The molecule has 0 saturated heterocycles. The molecule has 0 bridgehead atoms. The molecule has 5 N–H and O–H groups in total. The fraction of sp³-hybridized carbons (Fsp3) is 0.385. The number of phenols is 4. The third kappa shape index (κ3) is 5.37. The largest absolute Gasteiger partial charge is 0.507 e. The van der Waals surface area contributed by atoms with Crippen molar-refractivity contribution in [2.24, 2.45) is 0 Å². The van der Waals surface area contributed by atoms with Crippen LogP contribution in [0.1, 0.15) is 56.4 Å². The van der Waals surface area contributed by atoms with Gasteiger partial charge in [-0.2, -0.15) is 0 Å². The van der Waals surface area contributed by atoms with E-state index in [4.69, 9.17) is 9.47 Å². The van der Waals surface area contributed by atoms with E-state index in [1.54, 1.807) is 0 Å². The number of benzene rings is 2. The average Bonchev–Trinajstić information content (AvgIpc) is 2.73. The number of methoxy groups -OCH3 is 1. The maximum atomic E-state index is 10.8. The van der Waals surface area contributed by atoms with Crippen LogP contribution in [0.2, 0.25) is 0 Å². The Morgan fingerprint density at radius 2 is 1.70 bits per heavy atom. The summed E-state index contributed by atoms with van der Waals surface area (Å²) in [5.41, 5.74) is 3.54. The molecule has 1 heterocycles. The molecular formula is C26H32O7. The Labute approximate surface area is 193 Å². The van der Waals surface area contributed by atoms with Gasteiger partial charge in [0.25, 0.3) is 0 Å². The SMILES string of the molecule is COc1c(O)cc(C2Oc3cc(O)c(C/C=C(\C)CCC=C(C)C)c(O)c3CC2O)cc1O. The van der Waals surface area contributed by atoms with Crippen LogP contribution in [0.5, 0.6) is 34.5 Å². The van der Waals surface area contributed by atoms with E-state index in [2.05, 4.69) is 19.9 Å². The minimum atomic E-state index is -1.05. The van der Waals surface area contributed by atoms with Gasteiger partial charge >= 0.3 is 0 Å². The van der Waals surface area contributed by atoms with Crippen LogP contribution in [-0.4, -0.2) is 38.7 Å². The number of aliphatic hydroxyl groups excluding tert-OH is 1. The van der Waals surface area contributed by atoms with E-state index in [0.29, 0.717) is 23.1 Å². The Morgan fingerprint density at radius 3 is 2.30 bits per heavy atom. The van der Waals surface area contributed by atoms with Crippen molar-refractivity contribution in [2.45, 2.75) is 58.7 Å². The summed E-state index contributed by atoms with van der Waals surface area (Å²) in [6.07, 6.45) is 4.44. The highest BCUT2D eigenvalue weighted by Gasteiger charge is 2.34. The van der Waals surface area contributed by atoms with E-state index in [0.717, 1.165) is 18.4 Å². The summed E-state index contributed by atoms with van der Waals surface area (Å²) in [5.74, 6) is -0.619. The number of hydrogen-bond acceptors (Lipinski definition) is 7. The van der Waals surface area contributed by atoms with Crippen molar-refractivity contribution in [2.75, 3.05) is 7.11 Å². The van der Waals surface area contributed by atoms with E-state index in [9.17, 15) is 25.5 Å². The van der Waals surface area contributed by atoms with Crippen LogP contribution in [0, 0.1) is 0 Å². The lowest BCUT2D eigenvalue weighted by Crippen LogP contribution is -2.30. The number of rotatable bonds is 7. The van der Waals surface area contributed by atoms with Gasteiger partial charge in [0.2, 0.25) is 5.75 Å². The highest BCUT2D eigenvalue weighted by molar-refractivity contribution is 5.59. The van der Waals surface area contributed by atoms with Crippen LogP contribution < -0.4 is 9.47 Å². The average molecular weight is 457 g/mol. The zero-order valence-electron chi connectivity index (χ0n) is 19.4. The predicted octanol–water partition coefficient (Wildman–Crippen LogP) is 4.79. The Hall–Kier alpha value is -3.32. The van der Waals surface area contributed by atoms with Crippen molar-refractivity contribution in [3.8, 4) is 34.5 Å². The molecule has 2 aromatic carbocycles. The molecule has 0 radical (unpaired) electrons. The first-order valence-corrected chi connectivity index (χ1v) is 10.9. The molecule has 0 saturated carbocycles. The molecule has 3 rings (SSSR count). The summed E-state index contributed by atoms with van der Waals surface area (Å²) in [6.45, 7) is 6.13. The van der Waals surface area contributed by atoms with Gasteiger partial charge in [-0.15, -0.1) is 0 Å². The monoisotopic (exact) mass is 456 g/mol. The van der Waals surface area contributed by atoms with Gasteiger partial charge in [-0.1, -0.05) is 23.3 Å². The molecule has 0 amide bonds. The third-order valence-corrected chi connectivity index (χ3v) is 5.81. The van der Waals surface area contributed by atoms with Gasteiger partial charge < -0.3 is 35.0 Å². The number of ether oxygens (including phenoxy) is 2. The molecule has 178 valence electrons. The van der Waals surface area contributed by atoms with E-state index >= 15 is 0 Å². The van der Waals surface area contributed by atoms with E-state index in [-0.39, 0.29) is 40.9 Å². The van der Waals surface area contributed by atoms with Crippen molar-refractivity contribution < 1.29 is 35.0 Å². The molecule has 2 aromatic rings. The van der Waals surface area contributed by atoms with Crippen molar-refractivity contribution in [3.63, 3.8) is 0 Å². The standard InChI is InChI=1S/C26H32O7/c1-14(2)6-5-7-15(3)8-9-17-19(27)13-23-18(24(17)31)12-22(30)25(33-23)16-10-20(28)26(32-4)21(29)11-16/h6,8,10-11,13,22,25,27-31H,5,7,9,12H2,1-4H3/b15-8+. The second-order valence-electron chi connectivity index (χ2n) is 8.68. The van der Waals surface area contributed by atoms with E-state index in [1.807, 2.05) is 13.0 Å². The molecular weight excluding hydrogens is 424 g/mol. The van der Waals surface area contributed by atoms with Gasteiger partial charge in [-0.25, -0.2) is 0 Å². The lowest BCUT2D eigenvalue weighted by Gasteiger charge is -2.32. The van der Waals surface area contributed by atoms with Crippen LogP contribution in [0.15, 0.2) is 41.5 Å². The normalized spacial score (nSPS) is 17.8. The second kappa shape index (κ2) is 10.1. The van der Waals surface area contributed by atoms with E-state index in [1.165, 1.54) is 30.9 Å². The van der Waals surface area contributed by atoms with Crippen LogP contribution in [0.25, 0.3) is 0 Å². The number of phenolic OH excluding ortho intramolecular Hbond substituents is 4. The number of aromatic hydroxyl groups is 4. The van der Waals surface area contributed by atoms with Crippen molar-refractivity contribution >= 4 is 0 Å². The maximum absolute atomic E-state index is 10.8. The molecule has 2 unspecified atom stereocenters. The third-order valence-electron chi connectivity index (χ3n) is 5.81. The highest BCUT2D eigenvalue weighted by atomic mass is 16.5. The maximum Gasteiger partial charge on any atom is 0.202 e. The second-order valence-corrected chi connectivity index (χ2v) is 8.68. The van der Waals surface area contributed by atoms with Crippen molar-refractivity contribution in [1.82, 2.24) is 0 Å². The van der Waals surface area contributed by atoms with Gasteiger partial charge in [-0.3, -0.25) is 0 Å². The summed E-state index contributed by atoms with van der Waals surface area (Å²) in [6, 6.07) is 4.11. The van der Waals surface area contributed by atoms with Crippen LogP contribution in [-0.2, 0) is 12.8 Å². The number of fused-ring (bicyclic) bond motifs is 1. The van der Waals surface area contributed by atoms with Gasteiger partial charge in [0, 0.05) is 29.2 Å². The molecule has 1 aliphatic rings. The minimum Gasteiger partial charge on any atom is -0.507 e. The van der Waals surface area contributed by atoms with Gasteiger partial charge in [-0.05, 0) is 52.2 Å². The first-order valence-electron chi connectivity index (χ1n) is 10.9. The predicted molar refractivity (Wildman–Crippen MR) is 125 cm³/mol. The number of allylic oxidation sites excluding steroid dienone is 4. The molecule has 0 spiro atoms. The molecule has 0 aromatic heterocycles. The molecule has 0 fully saturated rings. The molecule has 7 nitrogen and oxygen atoms in total. The summed E-state index contributed by atoms with van der Waals surface area (Å²) in [5, 5.41) is 52.3.